The van der Waals surface area contributed by atoms with Crippen LogP contribution >= 0.6 is 0 Å². The topological polar surface area (TPSA) is 56.3 Å². The molecule has 0 aliphatic carbocycles. The Bertz CT molecular complexity index is 556. The average Bonchev–Trinajstić information content (AvgIpc) is 2.47. The van der Waals surface area contributed by atoms with E-state index in [9.17, 15) is 0 Å². The Balaban J connectivity index is 1.98. The van der Waals surface area contributed by atoms with E-state index in [4.69, 9.17) is 9.47 Å². The Morgan fingerprint density at radius 2 is 1.95 bits per heavy atom. The van der Waals surface area contributed by atoms with Crippen molar-refractivity contribution in [2.24, 2.45) is 0 Å². The van der Waals surface area contributed by atoms with Gasteiger partial charge in [-0.2, -0.15) is 0 Å². The van der Waals surface area contributed by atoms with Crippen molar-refractivity contribution in [1.29, 1.82) is 0 Å². The van der Waals surface area contributed by atoms with Gasteiger partial charge in [0.1, 0.15) is 11.5 Å². The van der Waals surface area contributed by atoms with Gasteiger partial charge in [0, 0.05) is 18.7 Å². The number of ether oxygens (including phenoxy) is 2. The fourth-order valence-corrected chi connectivity index (χ4v) is 1.71. The van der Waals surface area contributed by atoms with Gasteiger partial charge in [-0.1, -0.05) is 19.9 Å². The van der Waals surface area contributed by atoms with E-state index in [1.54, 1.807) is 12.4 Å². The molecule has 1 N–H and O–H groups in total. The molecule has 0 atom stereocenters. The third-order valence-electron chi connectivity index (χ3n) is 2.71. The lowest BCUT2D eigenvalue weighted by Crippen LogP contribution is -2.22. The van der Waals surface area contributed by atoms with Gasteiger partial charge in [0.05, 0.1) is 24.7 Å². The minimum Gasteiger partial charge on any atom is -0.494 e. The minimum absolute atomic E-state index is 0.420. The van der Waals surface area contributed by atoms with E-state index in [0.717, 1.165) is 11.4 Å². The van der Waals surface area contributed by atoms with Crippen LogP contribution in [0.2, 0.25) is 0 Å². The lowest BCUT2D eigenvalue weighted by molar-refractivity contribution is 0.338. The minimum atomic E-state index is 0.420. The van der Waals surface area contributed by atoms with Crippen molar-refractivity contribution in [2.75, 3.05) is 6.61 Å². The average molecular weight is 287 g/mol. The molecule has 1 aromatic carbocycles. The zero-order chi connectivity index (χ0) is 15.1. The molecule has 0 saturated heterocycles. The van der Waals surface area contributed by atoms with Crippen LogP contribution in [0.5, 0.6) is 17.4 Å². The lowest BCUT2D eigenvalue weighted by Gasteiger charge is -2.09. The van der Waals surface area contributed by atoms with Crippen LogP contribution in [-0.4, -0.2) is 22.6 Å². The van der Waals surface area contributed by atoms with Crippen LogP contribution in [0.1, 0.15) is 26.5 Å². The van der Waals surface area contributed by atoms with Gasteiger partial charge in [0.15, 0.2) is 0 Å². The third kappa shape index (κ3) is 5.04. The standard InChI is InChI=1S/C16H21N3O2/c1-4-20-14-6-5-7-15(8-14)21-16-11-18-13(10-19-16)9-17-12(2)3/h5-8,10-12,17H,4,9H2,1-3H3. The molecule has 0 amide bonds. The normalized spacial score (nSPS) is 10.7. The molecule has 2 aromatic rings. The number of aromatic nitrogens is 2. The van der Waals surface area contributed by atoms with Gasteiger partial charge in [-0.15, -0.1) is 0 Å². The molecule has 0 fully saturated rings. The highest BCUT2D eigenvalue weighted by molar-refractivity contribution is 5.34. The largest absolute Gasteiger partial charge is 0.494 e. The third-order valence-corrected chi connectivity index (χ3v) is 2.71. The fourth-order valence-electron chi connectivity index (χ4n) is 1.71. The molecule has 0 aliphatic rings. The summed E-state index contributed by atoms with van der Waals surface area (Å²) in [6.07, 6.45) is 3.35. The predicted molar refractivity (Wildman–Crippen MR) is 81.7 cm³/mol. The van der Waals surface area contributed by atoms with Crippen LogP contribution in [-0.2, 0) is 6.54 Å². The van der Waals surface area contributed by atoms with Crippen molar-refractivity contribution >= 4 is 0 Å². The lowest BCUT2D eigenvalue weighted by atomic mass is 10.3. The molecule has 112 valence electrons. The zero-order valence-corrected chi connectivity index (χ0v) is 12.7. The van der Waals surface area contributed by atoms with Gasteiger partial charge in [0.2, 0.25) is 5.88 Å². The van der Waals surface area contributed by atoms with Gasteiger partial charge in [-0.05, 0) is 19.1 Å². The molecule has 5 nitrogen and oxygen atoms in total. The molecule has 0 saturated carbocycles. The van der Waals surface area contributed by atoms with Crippen molar-refractivity contribution in [3.05, 3.63) is 42.4 Å². The van der Waals surface area contributed by atoms with Gasteiger partial charge in [0.25, 0.3) is 0 Å². The number of nitrogens with one attached hydrogen (secondary N) is 1. The molecule has 0 bridgehead atoms. The number of hydrogen-bond acceptors (Lipinski definition) is 5. The summed E-state index contributed by atoms with van der Waals surface area (Å²) < 4.78 is 11.1. The Hall–Kier alpha value is -2.14. The van der Waals surface area contributed by atoms with E-state index in [1.165, 1.54) is 0 Å². The summed E-state index contributed by atoms with van der Waals surface area (Å²) in [5.74, 6) is 1.93. The van der Waals surface area contributed by atoms with Crippen LogP contribution in [0.15, 0.2) is 36.7 Å². The summed E-state index contributed by atoms with van der Waals surface area (Å²) in [7, 11) is 0. The summed E-state index contributed by atoms with van der Waals surface area (Å²) in [5.41, 5.74) is 0.888. The van der Waals surface area contributed by atoms with Gasteiger partial charge in [-0.25, -0.2) is 4.98 Å². The van der Waals surface area contributed by atoms with E-state index >= 15 is 0 Å². The monoisotopic (exact) mass is 287 g/mol. The molecule has 2 rings (SSSR count). The Kier molecular flexibility index (Phi) is 5.51. The number of benzene rings is 1. The van der Waals surface area contributed by atoms with Crippen LogP contribution in [0.25, 0.3) is 0 Å². The summed E-state index contributed by atoms with van der Waals surface area (Å²) in [4.78, 5) is 8.59. The molecule has 1 heterocycles. The fraction of sp³-hybridized carbons (Fsp3) is 0.375. The van der Waals surface area contributed by atoms with Crippen molar-refractivity contribution in [3.63, 3.8) is 0 Å². The van der Waals surface area contributed by atoms with E-state index < -0.39 is 0 Å². The van der Waals surface area contributed by atoms with E-state index in [0.29, 0.717) is 30.8 Å². The van der Waals surface area contributed by atoms with Crippen LogP contribution in [0.3, 0.4) is 0 Å². The molecule has 21 heavy (non-hydrogen) atoms. The highest BCUT2D eigenvalue weighted by Crippen LogP contribution is 2.23. The van der Waals surface area contributed by atoms with Crippen LogP contribution in [0.4, 0.5) is 0 Å². The second-order valence-electron chi connectivity index (χ2n) is 4.89. The first-order valence-corrected chi connectivity index (χ1v) is 7.12. The Labute approximate surface area is 125 Å². The number of hydrogen-bond donors (Lipinski definition) is 1. The second kappa shape index (κ2) is 7.59. The highest BCUT2D eigenvalue weighted by atomic mass is 16.5. The first kappa shape index (κ1) is 15.3. The molecule has 5 heteroatoms. The summed E-state index contributed by atoms with van der Waals surface area (Å²) in [5, 5.41) is 3.29. The van der Waals surface area contributed by atoms with Crippen LogP contribution < -0.4 is 14.8 Å². The SMILES string of the molecule is CCOc1cccc(Oc2cnc(CNC(C)C)cn2)c1. The Morgan fingerprint density at radius 3 is 2.62 bits per heavy atom. The van der Waals surface area contributed by atoms with Crippen molar-refractivity contribution in [2.45, 2.75) is 33.4 Å². The van der Waals surface area contributed by atoms with E-state index in [1.807, 2.05) is 31.2 Å². The quantitative estimate of drug-likeness (QED) is 0.847. The molecule has 0 spiro atoms. The molecule has 0 unspecified atom stereocenters. The summed E-state index contributed by atoms with van der Waals surface area (Å²) in [6, 6.07) is 7.89. The number of rotatable bonds is 7. The predicted octanol–water partition coefficient (Wildman–Crippen LogP) is 3.17. The summed E-state index contributed by atoms with van der Waals surface area (Å²) in [6.45, 7) is 7.46. The van der Waals surface area contributed by atoms with E-state index in [-0.39, 0.29) is 0 Å². The maximum absolute atomic E-state index is 5.67. The van der Waals surface area contributed by atoms with Crippen LogP contribution in [0, 0.1) is 0 Å². The number of nitrogens with zero attached hydrogens (tertiary/aromatic N) is 2. The molecule has 0 radical (unpaired) electrons. The van der Waals surface area contributed by atoms with Gasteiger partial charge >= 0.3 is 0 Å². The van der Waals surface area contributed by atoms with Crippen molar-refractivity contribution in [1.82, 2.24) is 15.3 Å². The Morgan fingerprint density at radius 1 is 1.14 bits per heavy atom. The maximum atomic E-state index is 5.67. The smallest absolute Gasteiger partial charge is 0.237 e. The molecular weight excluding hydrogens is 266 g/mol. The molecule has 0 aliphatic heterocycles. The molecular formula is C16H21N3O2. The first-order valence-electron chi connectivity index (χ1n) is 7.12. The highest BCUT2D eigenvalue weighted by Gasteiger charge is 2.03. The maximum Gasteiger partial charge on any atom is 0.237 e. The summed E-state index contributed by atoms with van der Waals surface area (Å²) >= 11 is 0. The molecule has 1 aromatic heterocycles. The first-order chi connectivity index (χ1) is 10.2. The van der Waals surface area contributed by atoms with Crippen molar-refractivity contribution < 1.29 is 9.47 Å². The second-order valence-corrected chi connectivity index (χ2v) is 4.89. The zero-order valence-electron chi connectivity index (χ0n) is 12.7. The van der Waals surface area contributed by atoms with Gasteiger partial charge in [-0.3, -0.25) is 4.98 Å². The van der Waals surface area contributed by atoms with Crippen molar-refractivity contribution in [3.8, 4) is 17.4 Å². The van der Waals surface area contributed by atoms with E-state index in [2.05, 4.69) is 29.1 Å². The van der Waals surface area contributed by atoms with Gasteiger partial charge < -0.3 is 14.8 Å².